The van der Waals surface area contributed by atoms with Gasteiger partial charge in [0.15, 0.2) is 0 Å². The largest absolute Gasteiger partial charge is 0.350 e. The van der Waals surface area contributed by atoms with Crippen LogP contribution in [-0.4, -0.2) is 17.5 Å². The summed E-state index contributed by atoms with van der Waals surface area (Å²) in [5.41, 5.74) is 0. The van der Waals surface area contributed by atoms with Crippen LogP contribution in [0.3, 0.4) is 0 Å². The minimum absolute atomic E-state index is 0.0591. The Morgan fingerprint density at radius 3 is 2.33 bits per heavy atom. The minimum atomic E-state index is -4.04. The van der Waals surface area contributed by atoms with E-state index in [9.17, 15) is 8.42 Å². The molecule has 12 heavy (non-hydrogen) atoms. The standard InChI is InChI=1S/C7H11NO3S/c1-6(2)8-4-3-7(5-8)12(9,10)11/h3-6H,1-2H3,(H,9,10,11). The Morgan fingerprint density at radius 2 is 2.08 bits per heavy atom. The maximum atomic E-state index is 10.6. The van der Waals surface area contributed by atoms with Gasteiger partial charge in [-0.15, -0.1) is 0 Å². The molecule has 1 aromatic rings. The van der Waals surface area contributed by atoms with Gasteiger partial charge in [-0.1, -0.05) is 0 Å². The van der Waals surface area contributed by atoms with E-state index >= 15 is 0 Å². The summed E-state index contributed by atoms with van der Waals surface area (Å²) in [6.07, 6.45) is 3.02. The van der Waals surface area contributed by atoms with Gasteiger partial charge in [0.1, 0.15) is 4.90 Å². The van der Waals surface area contributed by atoms with Gasteiger partial charge < -0.3 is 4.57 Å². The molecular weight excluding hydrogens is 178 g/mol. The predicted molar refractivity (Wildman–Crippen MR) is 44.6 cm³/mol. The van der Waals surface area contributed by atoms with Crippen molar-refractivity contribution in [3.05, 3.63) is 18.5 Å². The summed E-state index contributed by atoms with van der Waals surface area (Å²) in [5, 5.41) is 0. The highest BCUT2D eigenvalue weighted by Crippen LogP contribution is 2.12. The second-order valence-electron chi connectivity index (χ2n) is 2.86. The third-order valence-electron chi connectivity index (χ3n) is 1.58. The molecule has 0 unspecified atom stereocenters. The zero-order valence-corrected chi connectivity index (χ0v) is 7.75. The Hall–Kier alpha value is -0.810. The molecule has 1 rings (SSSR count). The molecule has 0 aliphatic heterocycles. The summed E-state index contributed by atoms with van der Waals surface area (Å²) >= 11 is 0. The van der Waals surface area contributed by atoms with Crippen LogP contribution >= 0.6 is 0 Å². The summed E-state index contributed by atoms with van der Waals surface area (Å²) in [7, 11) is -4.04. The number of hydrogen-bond acceptors (Lipinski definition) is 2. The van der Waals surface area contributed by atoms with Crippen molar-refractivity contribution in [1.82, 2.24) is 4.57 Å². The van der Waals surface area contributed by atoms with E-state index in [1.807, 2.05) is 13.8 Å². The Bertz CT molecular complexity index is 364. The Balaban J connectivity index is 3.09. The van der Waals surface area contributed by atoms with E-state index in [0.717, 1.165) is 0 Å². The third-order valence-corrected chi connectivity index (χ3v) is 2.42. The molecule has 0 radical (unpaired) electrons. The molecule has 1 heterocycles. The smallest absolute Gasteiger partial charge is 0.296 e. The first-order chi connectivity index (χ1) is 5.41. The lowest BCUT2D eigenvalue weighted by molar-refractivity contribution is 0.482. The van der Waals surface area contributed by atoms with Gasteiger partial charge in [-0.25, -0.2) is 0 Å². The Kier molecular flexibility index (Phi) is 2.25. The van der Waals surface area contributed by atoms with Crippen molar-refractivity contribution in [2.75, 3.05) is 0 Å². The van der Waals surface area contributed by atoms with Crippen molar-refractivity contribution in [2.24, 2.45) is 0 Å². The van der Waals surface area contributed by atoms with Crippen molar-refractivity contribution >= 4 is 10.1 Å². The molecule has 5 heteroatoms. The van der Waals surface area contributed by atoms with Crippen LogP contribution < -0.4 is 0 Å². The van der Waals surface area contributed by atoms with Crippen LogP contribution in [0.1, 0.15) is 19.9 Å². The predicted octanol–water partition coefficient (Wildman–Crippen LogP) is 1.32. The van der Waals surface area contributed by atoms with Crippen molar-refractivity contribution in [1.29, 1.82) is 0 Å². The quantitative estimate of drug-likeness (QED) is 0.714. The molecule has 0 bridgehead atoms. The molecule has 68 valence electrons. The van der Waals surface area contributed by atoms with Crippen molar-refractivity contribution in [3.8, 4) is 0 Å². The van der Waals surface area contributed by atoms with Crippen LogP contribution in [-0.2, 0) is 10.1 Å². The monoisotopic (exact) mass is 189 g/mol. The van der Waals surface area contributed by atoms with Gasteiger partial charge in [0.05, 0.1) is 0 Å². The fourth-order valence-corrected chi connectivity index (χ4v) is 1.35. The van der Waals surface area contributed by atoms with Gasteiger partial charge in [-0.2, -0.15) is 8.42 Å². The van der Waals surface area contributed by atoms with Gasteiger partial charge in [0.2, 0.25) is 0 Å². The molecule has 0 spiro atoms. The van der Waals surface area contributed by atoms with Gasteiger partial charge in [-0.3, -0.25) is 4.55 Å². The second kappa shape index (κ2) is 2.91. The number of hydrogen-bond donors (Lipinski definition) is 1. The molecular formula is C7H11NO3S. The molecule has 0 fully saturated rings. The highest BCUT2D eigenvalue weighted by molar-refractivity contribution is 7.85. The maximum absolute atomic E-state index is 10.6. The normalized spacial score (nSPS) is 12.3. The van der Waals surface area contributed by atoms with E-state index in [1.165, 1.54) is 12.3 Å². The topological polar surface area (TPSA) is 59.3 Å². The van der Waals surface area contributed by atoms with E-state index in [2.05, 4.69) is 0 Å². The molecule has 0 saturated heterocycles. The third kappa shape index (κ3) is 1.86. The van der Waals surface area contributed by atoms with Crippen LogP contribution in [0.5, 0.6) is 0 Å². The lowest BCUT2D eigenvalue weighted by Crippen LogP contribution is -1.98. The highest BCUT2D eigenvalue weighted by atomic mass is 32.2. The number of rotatable bonds is 2. The molecule has 0 amide bonds. The van der Waals surface area contributed by atoms with E-state index in [-0.39, 0.29) is 10.9 Å². The first kappa shape index (κ1) is 9.28. The van der Waals surface area contributed by atoms with Gasteiger partial charge in [-0.05, 0) is 19.9 Å². The second-order valence-corrected chi connectivity index (χ2v) is 4.28. The molecule has 0 aromatic carbocycles. The van der Waals surface area contributed by atoms with Crippen LogP contribution in [0.25, 0.3) is 0 Å². The SMILES string of the molecule is CC(C)n1ccc(S(=O)(=O)O)c1. The van der Waals surface area contributed by atoms with Gasteiger partial charge in [0.25, 0.3) is 10.1 Å². The van der Waals surface area contributed by atoms with Crippen LogP contribution in [0, 0.1) is 0 Å². The number of aromatic nitrogens is 1. The fraction of sp³-hybridized carbons (Fsp3) is 0.429. The van der Waals surface area contributed by atoms with E-state index < -0.39 is 10.1 Å². The van der Waals surface area contributed by atoms with Crippen molar-refractivity contribution in [2.45, 2.75) is 24.8 Å². The van der Waals surface area contributed by atoms with Crippen molar-refractivity contribution in [3.63, 3.8) is 0 Å². The lowest BCUT2D eigenvalue weighted by Gasteiger charge is -2.04. The zero-order valence-electron chi connectivity index (χ0n) is 6.93. The summed E-state index contributed by atoms with van der Waals surface area (Å²) in [5.74, 6) is 0. The van der Waals surface area contributed by atoms with Crippen LogP contribution in [0.4, 0.5) is 0 Å². The molecule has 4 nitrogen and oxygen atoms in total. The molecule has 0 aliphatic carbocycles. The summed E-state index contributed by atoms with van der Waals surface area (Å²) in [4.78, 5) is -0.0591. The van der Waals surface area contributed by atoms with Crippen LogP contribution in [0.2, 0.25) is 0 Å². The maximum Gasteiger partial charge on any atom is 0.296 e. The first-order valence-electron chi connectivity index (χ1n) is 3.56. The Labute approximate surface area is 71.6 Å². The summed E-state index contributed by atoms with van der Waals surface area (Å²) < 4.78 is 31.6. The first-order valence-corrected chi connectivity index (χ1v) is 5.00. The van der Waals surface area contributed by atoms with Gasteiger partial charge >= 0.3 is 0 Å². The molecule has 0 atom stereocenters. The minimum Gasteiger partial charge on any atom is -0.350 e. The van der Waals surface area contributed by atoms with E-state index in [1.54, 1.807) is 10.8 Å². The van der Waals surface area contributed by atoms with Gasteiger partial charge in [0, 0.05) is 18.4 Å². The average Bonchev–Trinajstić information content (AvgIpc) is 2.30. The summed E-state index contributed by atoms with van der Waals surface area (Å²) in [6.45, 7) is 3.85. The molecule has 1 aromatic heterocycles. The Morgan fingerprint density at radius 1 is 1.50 bits per heavy atom. The average molecular weight is 189 g/mol. The molecule has 0 saturated carbocycles. The lowest BCUT2D eigenvalue weighted by atomic mass is 10.4. The zero-order chi connectivity index (χ0) is 9.35. The van der Waals surface area contributed by atoms with E-state index in [0.29, 0.717) is 0 Å². The summed E-state index contributed by atoms with van der Waals surface area (Å²) in [6, 6.07) is 1.57. The number of nitrogens with zero attached hydrogens (tertiary/aromatic N) is 1. The van der Waals surface area contributed by atoms with Crippen LogP contribution in [0.15, 0.2) is 23.4 Å². The highest BCUT2D eigenvalue weighted by Gasteiger charge is 2.11. The fourth-order valence-electron chi connectivity index (χ4n) is 0.866. The van der Waals surface area contributed by atoms with E-state index in [4.69, 9.17) is 4.55 Å². The van der Waals surface area contributed by atoms with Crippen molar-refractivity contribution < 1.29 is 13.0 Å². The molecule has 0 aliphatic rings. The molecule has 1 N–H and O–H groups in total.